The molecule has 1 saturated carbocycles. The molecule has 0 aromatic rings. The summed E-state index contributed by atoms with van der Waals surface area (Å²) in [6.07, 6.45) is 4.32. The smallest absolute Gasteiger partial charge is 0.318 e. The van der Waals surface area contributed by atoms with Crippen molar-refractivity contribution in [2.75, 3.05) is 13.1 Å². The minimum Gasteiger partial charge on any atom is -0.481 e. The van der Waals surface area contributed by atoms with Gasteiger partial charge in [0.15, 0.2) is 0 Å². The van der Waals surface area contributed by atoms with E-state index in [1.54, 1.807) is 0 Å². The van der Waals surface area contributed by atoms with Gasteiger partial charge in [0.25, 0.3) is 0 Å². The van der Waals surface area contributed by atoms with E-state index in [1.807, 2.05) is 0 Å². The van der Waals surface area contributed by atoms with Crippen molar-refractivity contribution in [2.24, 2.45) is 11.1 Å². The average Bonchev–Trinajstić information content (AvgIpc) is 2.36. The van der Waals surface area contributed by atoms with Crippen molar-refractivity contribution in [3.8, 4) is 0 Å². The maximum absolute atomic E-state index is 12.1. The Morgan fingerprint density at radius 1 is 1.25 bits per heavy atom. The maximum Gasteiger partial charge on any atom is 0.318 e. The molecule has 1 unspecified atom stereocenters. The fourth-order valence-corrected chi connectivity index (χ4v) is 2.89. The molecule has 2 rings (SSSR count). The molecule has 1 heterocycles. The first-order valence-electron chi connectivity index (χ1n) is 7.03. The molecule has 0 spiro atoms. The molecule has 1 atom stereocenters. The number of nitrogens with one attached hydrogen (secondary N) is 1. The van der Waals surface area contributed by atoms with Gasteiger partial charge in [0.2, 0.25) is 5.91 Å². The molecular weight excluding hydrogens is 262 g/mol. The van der Waals surface area contributed by atoms with Crippen molar-refractivity contribution in [1.29, 1.82) is 0 Å². The van der Waals surface area contributed by atoms with Crippen molar-refractivity contribution in [3.63, 3.8) is 0 Å². The molecule has 0 radical (unpaired) electrons. The summed E-state index contributed by atoms with van der Waals surface area (Å²) in [6.45, 7) is 0.600. The molecule has 0 aromatic carbocycles. The number of carboxylic acid groups (broad SMARTS) is 1. The highest BCUT2D eigenvalue weighted by molar-refractivity contribution is 5.86. The van der Waals surface area contributed by atoms with Gasteiger partial charge in [0.1, 0.15) is 6.04 Å². The molecule has 112 valence electrons. The normalized spacial score (nSPS) is 24.6. The Labute approximate surface area is 117 Å². The van der Waals surface area contributed by atoms with Gasteiger partial charge in [-0.1, -0.05) is 6.42 Å². The molecule has 4 N–H and O–H groups in total. The first-order valence-corrected chi connectivity index (χ1v) is 7.03. The van der Waals surface area contributed by atoms with Crippen LogP contribution in [0.4, 0.5) is 4.79 Å². The Balaban J connectivity index is 1.93. The van der Waals surface area contributed by atoms with Crippen molar-refractivity contribution >= 4 is 17.9 Å². The largest absolute Gasteiger partial charge is 0.481 e. The minimum absolute atomic E-state index is 0.114. The number of primary amides is 1. The van der Waals surface area contributed by atoms with Gasteiger partial charge in [-0.3, -0.25) is 9.59 Å². The molecule has 1 saturated heterocycles. The number of hydrogen-bond donors (Lipinski definition) is 3. The van der Waals surface area contributed by atoms with Gasteiger partial charge < -0.3 is 21.1 Å². The van der Waals surface area contributed by atoms with Crippen LogP contribution in [0.3, 0.4) is 0 Å². The van der Waals surface area contributed by atoms with Gasteiger partial charge in [-0.2, -0.15) is 0 Å². The van der Waals surface area contributed by atoms with Gasteiger partial charge >= 0.3 is 12.0 Å². The van der Waals surface area contributed by atoms with Crippen LogP contribution in [-0.4, -0.2) is 47.0 Å². The number of nitrogens with zero attached hydrogens (tertiary/aromatic N) is 1. The lowest BCUT2D eigenvalue weighted by Gasteiger charge is -2.39. The summed E-state index contributed by atoms with van der Waals surface area (Å²) in [4.78, 5) is 36.1. The van der Waals surface area contributed by atoms with Gasteiger partial charge in [-0.25, -0.2) is 4.79 Å². The Kier molecular flexibility index (Phi) is 4.15. The number of piperidine rings is 1. The molecular formula is C13H21N3O4. The number of carbonyl (C=O) groups excluding carboxylic acids is 2. The van der Waals surface area contributed by atoms with E-state index in [0.29, 0.717) is 25.8 Å². The Morgan fingerprint density at radius 3 is 2.45 bits per heavy atom. The molecule has 1 aliphatic heterocycles. The van der Waals surface area contributed by atoms with Crippen LogP contribution < -0.4 is 11.1 Å². The van der Waals surface area contributed by atoms with Crippen LogP contribution in [0.25, 0.3) is 0 Å². The van der Waals surface area contributed by atoms with E-state index < -0.39 is 23.3 Å². The average molecular weight is 283 g/mol. The fourth-order valence-electron chi connectivity index (χ4n) is 2.89. The summed E-state index contributed by atoms with van der Waals surface area (Å²) < 4.78 is 0. The second-order valence-electron chi connectivity index (χ2n) is 5.71. The van der Waals surface area contributed by atoms with Gasteiger partial charge in [0, 0.05) is 13.1 Å². The number of nitrogens with two attached hydrogens (primary N) is 1. The maximum atomic E-state index is 12.1. The Bertz CT molecular complexity index is 420. The van der Waals surface area contributed by atoms with Crippen molar-refractivity contribution in [3.05, 3.63) is 0 Å². The quantitative estimate of drug-likeness (QED) is 0.688. The van der Waals surface area contributed by atoms with Gasteiger partial charge in [-0.05, 0) is 32.1 Å². The number of hydrogen-bond acceptors (Lipinski definition) is 3. The first kappa shape index (κ1) is 14.6. The lowest BCUT2D eigenvalue weighted by Crippen LogP contribution is -2.56. The van der Waals surface area contributed by atoms with Crippen molar-refractivity contribution < 1.29 is 19.5 Å². The SMILES string of the molecule is NC(=O)C1CCCCN1C(=O)NCC1(C(=O)O)CCC1. The summed E-state index contributed by atoms with van der Waals surface area (Å²) in [6, 6.07) is -0.966. The lowest BCUT2D eigenvalue weighted by molar-refractivity contribution is -0.153. The molecule has 1 aliphatic carbocycles. The number of carbonyl (C=O) groups is 3. The van der Waals surface area contributed by atoms with E-state index in [1.165, 1.54) is 4.90 Å². The Morgan fingerprint density at radius 2 is 1.95 bits per heavy atom. The molecule has 2 aliphatic rings. The van der Waals surface area contributed by atoms with Crippen molar-refractivity contribution in [2.45, 2.75) is 44.6 Å². The van der Waals surface area contributed by atoms with E-state index >= 15 is 0 Å². The van der Waals surface area contributed by atoms with Crippen LogP contribution in [0, 0.1) is 5.41 Å². The summed E-state index contributed by atoms with van der Waals surface area (Å²) in [5.74, 6) is -1.37. The highest BCUT2D eigenvalue weighted by Crippen LogP contribution is 2.40. The number of urea groups is 1. The number of rotatable bonds is 4. The summed E-state index contributed by atoms with van der Waals surface area (Å²) in [5.41, 5.74) is 4.48. The molecule has 0 aromatic heterocycles. The predicted molar refractivity (Wildman–Crippen MR) is 70.9 cm³/mol. The molecule has 20 heavy (non-hydrogen) atoms. The van der Waals surface area contributed by atoms with Gasteiger partial charge in [-0.15, -0.1) is 0 Å². The van der Waals surface area contributed by atoms with Crippen molar-refractivity contribution in [1.82, 2.24) is 10.2 Å². The molecule has 2 fully saturated rings. The van der Waals surface area contributed by atoms with E-state index in [4.69, 9.17) is 5.73 Å². The zero-order valence-electron chi connectivity index (χ0n) is 11.4. The Hall–Kier alpha value is -1.79. The third-order valence-corrected chi connectivity index (χ3v) is 4.43. The monoisotopic (exact) mass is 283 g/mol. The van der Waals surface area contributed by atoms with Crippen LogP contribution >= 0.6 is 0 Å². The van der Waals surface area contributed by atoms with E-state index in [9.17, 15) is 19.5 Å². The van der Waals surface area contributed by atoms with Crippen LogP contribution in [0.1, 0.15) is 38.5 Å². The van der Waals surface area contributed by atoms with E-state index in [0.717, 1.165) is 19.3 Å². The zero-order valence-corrected chi connectivity index (χ0v) is 11.4. The fraction of sp³-hybridized carbons (Fsp3) is 0.769. The third-order valence-electron chi connectivity index (χ3n) is 4.43. The standard InChI is InChI=1S/C13H21N3O4/c14-10(17)9-4-1-2-7-16(9)12(20)15-8-13(11(18)19)5-3-6-13/h9H,1-8H2,(H2,14,17)(H,15,20)(H,18,19). The van der Waals surface area contributed by atoms with Gasteiger partial charge in [0.05, 0.1) is 5.41 Å². The summed E-state index contributed by atoms with van der Waals surface area (Å²) in [5, 5.41) is 11.9. The molecule has 0 bridgehead atoms. The highest BCUT2D eigenvalue weighted by atomic mass is 16.4. The summed E-state index contributed by atoms with van der Waals surface area (Å²) >= 11 is 0. The highest BCUT2D eigenvalue weighted by Gasteiger charge is 2.45. The topological polar surface area (TPSA) is 113 Å². The number of amides is 3. The number of likely N-dealkylation sites (tertiary alicyclic amines) is 1. The molecule has 3 amide bonds. The molecule has 7 heteroatoms. The molecule has 7 nitrogen and oxygen atoms in total. The second kappa shape index (κ2) is 5.68. The van der Waals surface area contributed by atoms with Crippen LogP contribution in [0.5, 0.6) is 0 Å². The summed E-state index contributed by atoms with van der Waals surface area (Å²) in [7, 11) is 0. The van der Waals surface area contributed by atoms with E-state index in [-0.39, 0.29) is 12.6 Å². The number of aliphatic carboxylic acids is 1. The van der Waals surface area contributed by atoms with E-state index in [2.05, 4.69) is 5.32 Å². The first-order chi connectivity index (χ1) is 9.46. The zero-order chi connectivity index (χ0) is 14.8. The van der Waals surface area contributed by atoms with Crippen LogP contribution in [0.2, 0.25) is 0 Å². The van der Waals surface area contributed by atoms with Crippen LogP contribution in [0.15, 0.2) is 0 Å². The second-order valence-corrected chi connectivity index (χ2v) is 5.71. The predicted octanol–water partition coefficient (Wildman–Crippen LogP) is 0.291. The number of carboxylic acids is 1. The van der Waals surface area contributed by atoms with Crippen LogP contribution in [-0.2, 0) is 9.59 Å². The lowest BCUT2D eigenvalue weighted by atomic mass is 9.69. The minimum atomic E-state index is -0.867. The third kappa shape index (κ3) is 2.71.